The molecule has 0 spiro atoms. The van der Waals surface area contributed by atoms with Crippen LogP contribution in [0.15, 0.2) is 23.0 Å². The van der Waals surface area contributed by atoms with E-state index in [4.69, 9.17) is 4.42 Å². The minimum Gasteiger partial charge on any atom is -0.472 e. The second-order valence-electron chi connectivity index (χ2n) is 3.58. The van der Waals surface area contributed by atoms with Crippen molar-refractivity contribution < 1.29 is 9.21 Å². The standard InChI is InChI=1S/C10H14N2O2/c1-7(8-3-5-14-6-8)12-9-2-4-11-10(9)13/h3,5-7,9,12H,2,4H2,1H3,(H,11,13). The van der Waals surface area contributed by atoms with Gasteiger partial charge in [0.1, 0.15) is 0 Å². The molecule has 0 bridgehead atoms. The predicted octanol–water partition coefficient (Wildman–Crippen LogP) is 0.819. The zero-order chi connectivity index (χ0) is 9.97. The SMILES string of the molecule is CC(NC1CCNC1=O)c1ccoc1. The first-order valence-corrected chi connectivity index (χ1v) is 4.83. The Morgan fingerprint density at radius 2 is 2.57 bits per heavy atom. The maximum absolute atomic E-state index is 11.3. The van der Waals surface area contributed by atoms with Gasteiger partial charge in [-0.15, -0.1) is 0 Å². The molecule has 4 nitrogen and oxygen atoms in total. The molecule has 0 saturated carbocycles. The average Bonchev–Trinajstić information content (AvgIpc) is 2.77. The Morgan fingerprint density at radius 3 is 3.14 bits per heavy atom. The van der Waals surface area contributed by atoms with Gasteiger partial charge in [-0.1, -0.05) is 0 Å². The molecule has 14 heavy (non-hydrogen) atoms. The molecule has 0 aromatic carbocycles. The van der Waals surface area contributed by atoms with Crippen molar-refractivity contribution in [2.45, 2.75) is 25.4 Å². The van der Waals surface area contributed by atoms with Crippen LogP contribution >= 0.6 is 0 Å². The van der Waals surface area contributed by atoms with E-state index in [9.17, 15) is 4.79 Å². The number of carbonyl (C=O) groups is 1. The van der Waals surface area contributed by atoms with E-state index >= 15 is 0 Å². The number of amides is 1. The van der Waals surface area contributed by atoms with Gasteiger partial charge >= 0.3 is 0 Å². The van der Waals surface area contributed by atoms with Gasteiger partial charge in [0.05, 0.1) is 18.6 Å². The highest BCUT2D eigenvalue weighted by Crippen LogP contribution is 2.14. The molecule has 1 saturated heterocycles. The molecule has 1 fully saturated rings. The summed E-state index contributed by atoms with van der Waals surface area (Å²) in [6.07, 6.45) is 4.20. The largest absolute Gasteiger partial charge is 0.472 e. The smallest absolute Gasteiger partial charge is 0.237 e. The number of hydrogen-bond donors (Lipinski definition) is 2. The third-order valence-electron chi connectivity index (χ3n) is 2.54. The fraction of sp³-hybridized carbons (Fsp3) is 0.500. The van der Waals surface area contributed by atoms with Crippen LogP contribution in [0.3, 0.4) is 0 Å². The summed E-state index contributed by atoms with van der Waals surface area (Å²) in [6.45, 7) is 2.80. The Kier molecular flexibility index (Phi) is 2.54. The Labute approximate surface area is 82.7 Å². The number of hydrogen-bond acceptors (Lipinski definition) is 3. The van der Waals surface area contributed by atoms with E-state index in [1.807, 2.05) is 13.0 Å². The molecule has 1 amide bonds. The highest BCUT2D eigenvalue weighted by atomic mass is 16.3. The Hall–Kier alpha value is -1.29. The summed E-state index contributed by atoms with van der Waals surface area (Å²) in [4.78, 5) is 11.3. The summed E-state index contributed by atoms with van der Waals surface area (Å²) in [7, 11) is 0. The Balaban J connectivity index is 1.94. The normalized spacial score (nSPS) is 23.5. The lowest BCUT2D eigenvalue weighted by Gasteiger charge is -2.15. The van der Waals surface area contributed by atoms with Crippen molar-refractivity contribution in [1.29, 1.82) is 0 Å². The zero-order valence-corrected chi connectivity index (χ0v) is 8.12. The molecule has 1 aromatic rings. The van der Waals surface area contributed by atoms with Crippen molar-refractivity contribution >= 4 is 5.91 Å². The lowest BCUT2D eigenvalue weighted by molar-refractivity contribution is -0.121. The lowest BCUT2D eigenvalue weighted by atomic mass is 10.1. The van der Waals surface area contributed by atoms with Crippen molar-refractivity contribution in [1.82, 2.24) is 10.6 Å². The molecular formula is C10H14N2O2. The molecule has 76 valence electrons. The van der Waals surface area contributed by atoms with Crippen LogP contribution in [-0.4, -0.2) is 18.5 Å². The van der Waals surface area contributed by atoms with Gasteiger partial charge in [-0.3, -0.25) is 10.1 Å². The lowest BCUT2D eigenvalue weighted by Crippen LogP contribution is -2.37. The van der Waals surface area contributed by atoms with Crippen molar-refractivity contribution in [2.75, 3.05) is 6.54 Å². The Bertz CT molecular complexity index is 308. The van der Waals surface area contributed by atoms with Crippen molar-refractivity contribution in [3.8, 4) is 0 Å². The van der Waals surface area contributed by atoms with Crippen molar-refractivity contribution in [3.63, 3.8) is 0 Å². The fourth-order valence-electron chi connectivity index (χ4n) is 1.67. The Morgan fingerprint density at radius 1 is 1.71 bits per heavy atom. The van der Waals surface area contributed by atoms with Gasteiger partial charge < -0.3 is 9.73 Å². The second-order valence-corrected chi connectivity index (χ2v) is 3.58. The average molecular weight is 194 g/mol. The third kappa shape index (κ3) is 1.80. The number of carbonyl (C=O) groups excluding carboxylic acids is 1. The monoisotopic (exact) mass is 194 g/mol. The topological polar surface area (TPSA) is 54.3 Å². The summed E-state index contributed by atoms with van der Waals surface area (Å²) >= 11 is 0. The van der Waals surface area contributed by atoms with Gasteiger partial charge in [-0.25, -0.2) is 0 Å². The molecule has 0 radical (unpaired) electrons. The van der Waals surface area contributed by atoms with E-state index in [-0.39, 0.29) is 18.0 Å². The summed E-state index contributed by atoms with van der Waals surface area (Å²) < 4.78 is 4.99. The molecule has 2 N–H and O–H groups in total. The molecule has 1 aliphatic heterocycles. The number of furan rings is 1. The maximum atomic E-state index is 11.3. The fourth-order valence-corrected chi connectivity index (χ4v) is 1.67. The van der Waals surface area contributed by atoms with Gasteiger partial charge in [-0.05, 0) is 19.4 Å². The highest BCUT2D eigenvalue weighted by molar-refractivity contribution is 5.83. The first-order chi connectivity index (χ1) is 6.77. The number of rotatable bonds is 3. The van der Waals surface area contributed by atoms with E-state index in [0.717, 1.165) is 18.5 Å². The quantitative estimate of drug-likeness (QED) is 0.749. The summed E-state index contributed by atoms with van der Waals surface area (Å²) in [5, 5.41) is 6.05. The van der Waals surface area contributed by atoms with Gasteiger partial charge in [-0.2, -0.15) is 0 Å². The second kappa shape index (κ2) is 3.84. The van der Waals surface area contributed by atoms with E-state index in [1.54, 1.807) is 12.5 Å². The van der Waals surface area contributed by atoms with Crippen LogP contribution < -0.4 is 10.6 Å². The van der Waals surface area contributed by atoms with E-state index in [2.05, 4.69) is 10.6 Å². The summed E-state index contributed by atoms with van der Waals surface area (Å²) in [5.74, 6) is 0.0975. The van der Waals surface area contributed by atoms with Crippen LogP contribution in [0.5, 0.6) is 0 Å². The van der Waals surface area contributed by atoms with Crippen LogP contribution in [0.25, 0.3) is 0 Å². The molecular weight excluding hydrogens is 180 g/mol. The van der Waals surface area contributed by atoms with E-state index in [0.29, 0.717) is 0 Å². The number of nitrogens with one attached hydrogen (secondary N) is 2. The molecule has 2 unspecified atom stereocenters. The van der Waals surface area contributed by atoms with Crippen LogP contribution in [0.2, 0.25) is 0 Å². The molecule has 2 heterocycles. The first kappa shape index (κ1) is 9.27. The predicted molar refractivity (Wildman–Crippen MR) is 51.7 cm³/mol. The van der Waals surface area contributed by atoms with Crippen LogP contribution in [-0.2, 0) is 4.79 Å². The minimum absolute atomic E-state index is 0.0556. The van der Waals surface area contributed by atoms with Crippen LogP contribution in [0, 0.1) is 0 Å². The maximum Gasteiger partial charge on any atom is 0.237 e. The van der Waals surface area contributed by atoms with Gasteiger partial charge in [0, 0.05) is 18.2 Å². The van der Waals surface area contributed by atoms with Gasteiger partial charge in [0.15, 0.2) is 0 Å². The first-order valence-electron chi connectivity index (χ1n) is 4.83. The van der Waals surface area contributed by atoms with Crippen LogP contribution in [0.4, 0.5) is 0 Å². The van der Waals surface area contributed by atoms with Crippen LogP contribution in [0.1, 0.15) is 24.9 Å². The molecule has 2 rings (SSSR count). The molecule has 2 atom stereocenters. The van der Waals surface area contributed by atoms with Crippen molar-refractivity contribution in [2.24, 2.45) is 0 Å². The van der Waals surface area contributed by atoms with Crippen molar-refractivity contribution in [3.05, 3.63) is 24.2 Å². The molecule has 1 aliphatic rings. The zero-order valence-electron chi connectivity index (χ0n) is 8.12. The minimum atomic E-state index is -0.0556. The molecule has 4 heteroatoms. The third-order valence-corrected chi connectivity index (χ3v) is 2.54. The molecule has 1 aromatic heterocycles. The summed E-state index contributed by atoms with van der Waals surface area (Å²) in [6, 6.07) is 2.01. The molecule has 0 aliphatic carbocycles. The highest BCUT2D eigenvalue weighted by Gasteiger charge is 2.25. The van der Waals surface area contributed by atoms with Gasteiger partial charge in [0.25, 0.3) is 0 Å². The van der Waals surface area contributed by atoms with Gasteiger partial charge in [0.2, 0.25) is 5.91 Å². The van der Waals surface area contributed by atoms with E-state index < -0.39 is 0 Å². The summed E-state index contributed by atoms with van der Waals surface area (Å²) in [5.41, 5.74) is 1.07. The van der Waals surface area contributed by atoms with E-state index in [1.165, 1.54) is 0 Å².